The van der Waals surface area contributed by atoms with Crippen LogP contribution in [0.4, 0.5) is 5.69 Å². The maximum Gasteiger partial charge on any atom is 0.286 e. The van der Waals surface area contributed by atoms with Crippen molar-refractivity contribution in [3.8, 4) is 5.75 Å². The van der Waals surface area contributed by atoms with Gasteiger partial charge in [-0.1, -0.05) is 37.4 Å². The van der Waals surface area contributed by atoms with Gasteiger partial charge in [-0.15, -0.1) is 4.36 Å². The molecule has 1 aliphatic carbocycles. The number of amides is 2. The monoisotopic (exact) mass is 629 g/mol. The Bertz CT molecular complexity index is 1440. The second-order valence-electron chi connectivity index (χ2n) is 12.0. The molecule has 2 amide bonds. The Morgan fingerprint density at radius 2 is 1.95 bits per heavy atom. The van der Waals surface area contributed by atoms with Gasteiger partial charge in [0.1, 0.15) is 15.7 Å². The van der Waals surface area contributed by atoms with Crippen molar-refractivity contribution >= 4 is 39.0 Å². The SMILES string of the molecule is CCC(=O)N[S@]1(=O)=NC(=O)c2ccc3c(c2)N(Cc2ccc(Cl)cc2CCCCO3)C[C@@H]2CC[C@H]2[C@@H](OC)CCCCC1. The molecule has 2 bridgehead atoms. The number of methoxy groups -OCH3 is 1. The lowest BCUT2D eigenvalue weighted by Gasteiger charge is -2.44. The van der Waals surface area contributed by atoms with Gasteiger partial charge in [0.05, 0.1) is 24.2 Å². The Morgan fingerprint density at radius 1 is 1.09 bits per heavy atom. The smallest absolute Gasteiger partial charge is 0.286 e. The van der Waals surface area contributed by atoms with Gasteiger partial charge in [0, 0.05) is 37.2 Å². The van der Waals surface area contributed by atoms with Crippen LogP contribution in [0.3, 0.4) is 0 Å². The molecule has 2 aromatic rings. The minimum Gasteiger partial charge on any atom is -0.491 e. The molecular weight excluding hydrogens is 586 g/mol. The molecule has 0 aromatic heterocycles. The van der Waals surface area contributed by atoms with E-state index in [0.29, 0.717) is 42.7 Å². The van der Waals surface area contributed by atoms with Gasteiger partial charge in [-0.2, -0.15) is 0 Å². The summed E-state index contributed by atoms with van der Waals surface area (Å²) in [6.07, 6.45) is 8.61. The van der Waals surface area contributed by atoms with Crippen LogP contribution < -0.4 is 14.4 Å². The van der Waals surface area contributed by atoms with E-state index in [1.165, 1.54) is 11.1 Å². The van der Waals surface area contributed by atoms with Crippen LogP contribution in [0.15, 0.2) is 40.8 Å². The third-order valence-corrected chi connectivity index (χ3v) is 11.2. The number of hydrogen-bond donors (Lipinski definition) is 1. The zero-order valence-corrected chi connectivity index (χ0v) is 26.9. The summed E-state index contributed by atoms with van der Waals surface area (Å²) < 4.78 is 32.9. The Labute approximate surface area is 261 Å². The molecule has 0 radical (unpaired) electrons. The first kappa shape index (κ1) is 31.8. The molecule has 234 valence electrons. The van der Waals surface area contributed by atoms with Crippen LogP contribution in [0.2, 0.25) is 5.02 Å². The van der Waals surface area contributed by atoms with Gasteiger partial charge in [-0.25, -0.2) is 4.21 Å². The second-order valence-corrected chi connectivity index (χ2v) is 14.5. The summed E-state index contributed by atoms with van der Waals surface area (Å²) in [5.41, 5.74) is 3.58. The number of carbonyl (C=O) groups is 2. The Kier molecular flexibility index (Phi) is 10.7. The van der Waals surface area contributed by atoms with E-state index in [1.54, 1.807) is 20.1 Å². The van der Waals surface area contributed by atoms with Gasteiger partial charge in [0.15, 0.2) is 0 Å². The molecule has 2 aromatic carbocycles. The molecule has 1 N–H and O–H groups in total. The van der Waals surface area contributed by atoms with Gasteiger partial charge in [0.25, 0.3) is 5.91 Å². The van der Waals surface area contributed by atoms with Crippen LogP contribution in [-0.2, 0) is 32.4 Å². The molecule has 0 saturated heterocycles. The van der Waals surface area contributed by atoms with E-state index in [9.17, 15) is 13.8 Å². The highest BCUT2D eigenvalue weighted by Crippen LogP contribution is 2.42. The Hall–Kier alpha value is -2.62. The van der Waals surface area contributed by atoms with Crippen molar-refractivity contribution in [1.82, 2.24) is 4.72 Å². The molecule has 10 heteroatoms. The summed E-state index contributed by atoms with van der Waals surface area (Å²) in [7, 11) is -1.47. The largest absolute Gasteiger partial charge is 0.491 e. The first-order chi connectivity index (χ1) is 20.8. The lowest BCUT2D eigenvalue weighted by atomic mass is 9.69. The number of carbonyl (C=O) groups excluding carboxylic acids is 2. The van der Waals surface area contributed by atoms with E-state index < -0.39 is 15.8 Å². The highest BCUT2D eigenvalue weighted by atomic mass is 35.5. The predicted molar refractivity (Wildman–Crippen MR) is 171 cm³/mol. The molecule has 0 spiro atoms. The number of ether oxygens (including phenoxy) is 2. The van der Waals surface area contributed by atoms with Crippen molar-refractivity contribution in [2.24, 2.45) is 16.2 Å². The third-order valence-electron chi connectivity index (χ3n) is 9.12. The summed E-state index contributed by atoms with van der Waals surface area (Å²) >= 11 is 6.42. The van der Waals surface area contributed by atoms with E-state index >= 15 is 0 Å². The van der Waals surface area contributed by atoms with E-state index in [-0.39, 0.29) is 24.2 Å². The molecule has 1 fully saturated rings. The minimum absolute atomic E-state index is 0.133. The van der Waals surface area contributed by atoms with Crippen molar-refractivity contribution in [3.05, 3.63) is 58.1 Å². The number of rotatable bonds is 3. The van der Waals surface area contributed by atoms with Crippen LogP contribution in [0, 0.1) is 11.8 Å². The molecule has 8 nitrogen and oxygen atoms in total. The lowest BCUT2D eigenvalue weighted by Crippen LogP contribution is -2.44. The van der Waals surface area contributed by atoms with E-state index in [2.05, 4.69) is 26.1 Å². The van der Waals surface area contributed by atoms with Gasteiger partial charge >= 0.3 is 0 Å². The van der Waals surface area contributed by atoms with Crippen LogP contribution in [0.5, 0.6) is 5.75 Å². The number of benzene rings is 2. The molecule has 2 aliphatic heterocycles. The summed E-state index contributed by atoms with van der Waals surface area (Å²) in [4.78, 5) is 28.2. The van der Waals surface area contributed by atoms with Gasteiger partial charge in [-0.3, -0.25) is 14.3 Å². The highest BCUT2D eigenvalue weighted by Gasteiger charge is 2.38. The van der Waals surface area contributed by atoms with Gasteiger partial charge in [0.2, 0.25) is 5.91 Å². The van der Waals surface area contributed by atoms with E-state index in [1.807, 2.05) is 18.2 Å². The fourth-order valence-electron chi connectivity index (χ4n) is 6.53. The van der Waals surface area contributed by atoms with Crippen molar-refractivity contribution in [2.45, 2.75) is 83.8 Å². The van der Waals surface area contributed by atoms with Crippen LogP contribution in [0.1, 0.15) is 86.2 Å². The molecule has 5 rings (SSSR count). The number of fused-ring (bicyclic) bond motifs is 3. The Morgan fingerprint density at radius 3 is 2.72 bits per heavy atom. The minimum atomic E-state index is -3.27. The van der Waals surface area contributed by atoms with E-state index in [0.717, 1.165) is 68.6 Å². The zero-order valence-electron chi connectivity index (χ0n) is 25.3. The van der Waals surface area contributed by atoms with Crippen LogP contribution >= 0.6 is 11.6 Å². The Balaban J connectivity index is 1.61. The molecule has 0 unspecified atom stereocenters. The third kappa shape index (κ3) is 7.91. The number of hydrogen-bond acceptors (Lipinski definition) is 6. The number of nitrogens with zero attached hydrogens (tertiary/aromatic N) is 2. The second kappa shape index (κ2) is 14.4. The van der Waals surface area contributed by atoms with Crippen LogP contribution in [-0.4, -0.2) is 48.1 Å². The average molecular weight is 630 g/mol. The quantitative estimate of drug-likeness (QED) is 0.405. The maximum absolute atomic E-state index is 13.8. The lowest BCUT2D eigenvalue weighted by molar-refractivity contribution is -0.118. The van der Waals surface area contributed by atoms with Crippen molar-refractivity contribution in [2.75, 3.05) is 30.9 Å². The maximum atomic E-state index is 13.8. The average Bonchev–Trinajstić information content (AvgIpc) is 3.00. The molecular formula is C33H44ClN3O5S. The zero-order chi connectivity index (χ0) is 30.4. The standard InChI is InChI=1S/C33H44ClN3O5S/c1-3-32(38)35-43(40)18-8-4-5-10-30(41-2)28-15-12-26(28)22-37-21-25-11-14-27(34)19-23(25)9-6-7-17-42-31-16-13-24(20-29(31)37)33(39)36-43/h11,13-14,16,19-20,26,28,30H,3-10,12,15,17-18,21-22H2,1-2H3,(H,35,36,38,39,40)/t26-,28+,30-,43-/m0/s1. The topological polar surface area (TPSA) is 97.3 Å². The molecule has 4 atom stereocenters. The molecule has 43 heavy (non-hydrogen) atoms. The molecule has 3 aliphatic rings. The number of aryl methyl sites for hydroxylation is 1. The van der Waals surface area contributed by atoms with E-state index in [4.69, 9.17) is 21.1 Å². The summed E-state index contributed by atoms with van der Waals surface area (Å²) in [6, 6.07) is 11.5. The number of anilines is 1. The highest BCUT2D eigenvalue weighted by molar-refractivity contribution is 7.92. The van der Waals surface area contributed by atoms with Crippen molar-refractivity contribution in [1.29, 1.82) is 0 Å². The molecule has 2 heterocycles. The summed E-state index contributed by atoms with van der Waals surface area (Å²) in [5.74, 6) is 0.754. The van der Waals surface area contributed by atoms with Crippen molar-refractivity contribution < 1.29 is 23.3 Å². The predicted octanol–water partition coefficient (Wildman–Crippen LogP) is 6.73. The number of nitrogens with one attached hydrogen (secondary N) is 1. The number of halogens is 1. The first-order valence-corrected chi connectivity index (χ1v) is 17.8. The first-order valence-electron chi connectivity index (χ1n) is 15.7. The van der Waals surface area contributed by atoms with Gasteiger partial charge < -0.3 is 14.4 Å². The van der Waals surface area contributed by atoms with Crippen molar-refractivity contribution in [3.63, 3.8) is 0 Å². The van der Waals surface area contributed by atoms with Gasteiger partial charge in [-0.05, 0) is 98.2 Å². The molecule has 1 saturated carbocycles. The normalized spacial score (nSPS) is 26.8. The summed E-state index contributed by atoms with van der Waals surface area (Å²) in [6.45, 7) is 3.68. The fraction of sp³-hybridized carbons (Fsp3) is 0.576. The van der Waals surface area contributed by atoms with Crippen LogP contribution in [0.25, 0.3) is 0 Å². The summed E-state index contributed by atoms with van der Waals surface area (Å²) in [5, 5.41) is 0.730. The fourth-order valence-corrected chi connectivity index (χ4v) is 8.43.